The first-order chi connectivity index (χ1) is 8.63. The predicted octanol–water partition coefficient (Wildman–Crippen LogP) is 1.22. The molecule has 0 aromatic rings. The van der Waals surface area contributed by atoms with Crippen molar-refractivity contribution < 1.29 is 19.4 Å². The molecule has 0 bridgehead atoms. The topological polar surface area (TPSA) is 66.8 Å². The van der Waals surface area contributed by atoms with Gasteiger partial charge in [-0.3, -0.25) is 9.59 Å². The molecule has 18 heavy (non-hydrogen) atoms. The van der Waals surface area contributed by atoms with Crippen molar-refractivity contribution in [2.45, 2.75) is 31.8 Å². The molecule has 1 amide bonds. The molecule has 1 rings (SSSR count). The van der Waals surface area contributed by atoms with Crippen LogP contribution in [-0.2, 0) is 14.3 Å². The number of thioether (sulfide) groups is 1. The van der Waals surface area contributed by atoms with Gasteiger partial charge < -0.3 is 14.7 Å². The van der Waals surface area contributed by atoms with E-state index in [1.807, 2.05) is 11.2 Å². The second-order valence-corrected chi connectivity index (χ2v) is 5.32. The molecule has 104 valence electrons. The molecular weight excluding hydrogens is 254 g/mol. The van der Waals surface area contributed by atoms with Gasteiger partial charge in [-0.2, -0.15) is 11.8 Å². The lowest BCUT2D eigenvalue weighted by atomic mass is 10.1. The summed E-state index contributed by atoms with van der Waals surface area (Å²) in [5, 5.41) is 8.51. The zero-order valence-electron chi connectivity index (χ0n) is 10.8. The van der Waals surface area contributed by atoms with E-state index >= 15 is 0 Å². The van der Waals surface area contributed by atoms with Crippen molar-refractivity contribution in [3.63, 3.8) is 0 Å². The molecule has 6 heteroatoms. The fraction of sp³-hybridized carbons (Fsp3) is 0.833. The lowest BCUT2D eigenvalue weighted by molar-refractivity contribution is -0.139. The first-order valence-corrected chi connectivity index (χ1v) is 7.63. The van der Waals surface area contributed by atoms with Crippen LogP contribution in [0.15, 0.2) is 0 Å². The summed E-state index contributed by atoms with van der Waals surface area (Å²) in [7, 11) is 0. The molecular formula is C12H21NO4S. The molecule has 1 fully saturated rings. The number of piperidine rings is 1. The highest BCUT2D eigenvalue weighted by Gasteiger charge is 2.22. The smallest absolute Gasteiger partial charge is 0.305 e. The summed E-state index contributed by atoms with van der Waals surface area (Å²) in [5.41, 5.74) is 0. The van der Waals surface area contributed by atoms with Crippen LogP contribution in [0.3, 0.4) is 0 Å². The molecule has 1 aliphatic heterocycles. The Bertz CT molecular complexity index is 277. The number of ether oxygens (including phenoxy) is 1. The van der Waals surface area contributed by atoms with Gasteiger partial charge in [0.1, 0.15) is 0 Å². The molecule has 0 unspecified atom stereocenters. The van der Waals surface area contributed by atoms with E-state index in [9.17, 15) is 9.59 Å². The highest BCUT2D eigenvalue weighted by molar-refractivity contribution is 7.98. The first kappa shape index (κ1) is 15.3. The van der Waals surface area contributed by atoms with Crippen molar-refractivity contribution in [2.24, 2.45) is 0 Å². The van der Waals surface area contributed by atoms with Crippen LogP contribution in [0, 0.1) is 0 Å². The minimum Gasteiger partial charge on any atom is -0.481 e. The number of hydrogen-bond acceptors (Lipinski definition) is 4. The third-order valence-corrected chi connectivity index (χ3v) is 3.60. The second-order valence-electron chi connectivity index (χ2n) is 4.34. The molecule has 1 aliphatic rings. The van der Waals surface area contributed by atoms with E-state index < -0.39 is 5.97 Å². The Morgan fingerprint density at radius 3 is 2.56 bits per heavy atom. The minimum absolute atomic E-state index is 0.0485. The fourth-order valence-electron chi connectivity index (χ4n) is 1.93. The van der Waals surface area contributed by atoms with Crippen molar-refractivity contribution in [1.82, 2.24) is 4.90 Å². The van der Waals surface area contributed by atoms with E-state index in [0.717, 1.165) is 31.7 Å². The van der Waals surface area contributed by atoms with Crippen LogP contribution in [-0.4, -0.2) is 59.7 Å². The Labute approximate surface area is 112 Å². The first-order valence-electron chi connectivity index (χ1n) is 6.23. The maximum absolute atomic E-state index is 11.8. The Kier molecular flexibility index (Phi) is 7.12. The highest BCUT2D eigenvalue weighted by Crippen LogP contribution is 2.15. The molecule has 0 aromatic heterocycles. The van der Waals surface area contributed by atoms with Crippen LogP contribution in [0.4, 0.5) is 0 Å². The van der Waals surface area contributed by atoms with Crippen molar-refractivity contribution in [1.29, 1.82) is 0 Å². The summed E-state index contributed by atoms with van der Waals surface area (Å²) >= 11 is 1.68. The van der Waals surface area contributed by atoms with E-state index in [1.165, 1.54) is 0 Å². The lowest BCUT2D eigenvalue weighted by Crippen LogP contribution is -2.41. The molecule has 5 nitrogen and oxygen atoms in total. The molecule has 1 saturated heterocycles. The zero-order valence-corrected chi connectivity index (χ0v) is 11.6. The third-order valence-electron chi connectivity index (χ3n) is 2.98. The summed E-state index contributed by atoms with van der Waals surface area (Å²) in [6.07, 6.45) is 4.37. The Balaban J connectivity index is 2.16. The van der Waals surface area contributed by atoms with Gasteiger partial charge in [0.15, 0.2) is 0 Å². The molecule has 1 heterocycles. The molecule has 0 aliphatic carbocycles. The molecule has 0 atom stereocenters. The predicted molar refractivity (Wildman–Crippen MR) is 70.8 cm³/mol. The normalized spacial score (nSPS) is 16.8. The number of amides is 1. The van der Waals surface area contributed by atoms with Gasteiger partial charge in [0.25, 0.3) is 0 Å². The number of carbonyl (C=O) groups excluding carboxylic acids is 1. The van der Waals surface area contributed by atoms with Gasteiger partial charge in [0.05, 0.1) is 19.1 Å². The fourth-order valence-corrected chi connectivity index (χ4v) is 2.31. The van der Waals surface area contributed by atoms with Crippen molar-refractivity contribution in [3.05, 3.63) is 0 Å². The average molecular weight is 275 g/mol. The van der Waals surface area contributed by atoms with Crippen molar-refractivity contribution in [3.8, 4) is 0 Å². The third kappa shape index (κ3) is 5.73. The summed E-state index contributed by atoms with van der Waals surface area (Å²) in [4.78, 5) is 24.0. The van der Waals surface area contributed by atoms with E-state index in [2.05, 4.69) is 0 Å². The number of carboxylic acid groups (broad SMARTS) is 1. The van der Waals surface area contributed by atoms with Gasteiger partial charge in [0, 0.05) is 25.3 Å². The van der Waals surface area contributed by atoms with Crippen molar-refractivity contribution >= 4 is 23.6 Å². The Morgan fingerprint density at radius 2 is 2.00 bits per heavy atom. The summed E-state index contributed by atoms with van der Waals surface area (Å²) < 4.78 is 5.48. The van der Waals surface area contributed by atoms with Gasteiger partial charge >= 0.3 is 5.97 Å². The number of nitrogens with zero attached hydrogens (tertiary/aromatic N) is 1. The van der Waals surface area contributed by atoms with E-state index in [4.69, 9.17) is 9.84 Å². The summed E-state index contributed by atoms with van der Waals surface area (Å²) in [6.45, 7) is 1.72. The van der Waals surface area contributed by atoms with E-state index in [1.54, 1.807) is 11.8 Å². The van der Waals surface area contributed by atoms with Crippen LogP contribution in [0.25, 0.3) is 0 Å². The molecule has 1 N–H and O–H groups in total. The standard InChI is InChI=1S/C12H21NO4S/c1-18-9-5-11(14)13-6-2-10(3-7-13)17-8-4-12(15)16/h10H,2-9H2,1H3,(H,15,16). The van der Waals surface area contributed by atoms with E-state index in [0.29, 0.717) is 6.42 Å². The quantitative estimate of drug-likeness (QED) is 0.757. The SMILES string of the molecule is CSCCC(=O)N1CCC(OCCC(=O)O)CC1. The van der Waals surface area contributed by atoms with Gasteiger partial charge in [-0.1, -0.05) is 0 Å². The van der Waals surface area contributed by atoms with E-state index in [-0.39, 0.29) is 25.0 Å². The van der Waals surface area contributed by atoms with Gasteiger partial charge in [-0.15, -0.1) is 0 Å². The highest BCUT2D eigenvalue weighted by atomic mass is 32.2. The van der Waals surface area contributed by atoms with Crippen LogP contribution in [0.1, 0.15) is 25.7 Å². The van der Waals surface area contributed by atoms with Crippen LogP contribution in [0.2, 0.25) is 0 Å². The molecule has 0 saturated carbocycles. The van der Waals surface area contributed by atoms with Crippen LogP contribution in [0.5, 0.6) is 0 Å². The van der Waals surface area contributed by atoms with Crippen molar-refractivity contribution in [2.75, 3.05) is 31.7 Å². The Morgan fingerprint density at radius 1 is 1.33 bits per heavy atom. The minimum atomic E-state index is -0.834. The van der Waals surface area contributed by atoms with Gasteiger partial charge in [0.2, 0.25) is 5.91 Å². The number of rotatable bonds is 7. The maximum Gasteiger partial charge on any atom is 0.305 e. The van der Waals surface area contributed by atoms with Gasteiger partial charge in [-0.25, -0.2) is 0 Å². The largest absolute Gasteiger partial charge is 0.481 e. The lowest BCUT2D eigenvalue weighted by Gasteiger charge is -2.32. The second kappa shape index (κ2) is 8.37. The monoisotopic (exact) mass is 275 g/mol. The van der Waals surface area contributed by atoms with Crippen LogP contribution >= 0.6 is 11.8 Å². The summed E-state index contributed by atoms with van der Waals surface area (Å²) in [5.74, 6) is 0.251. The zero-order chi connectivity index (χ0) is 13.4. The van der Waals surface area contributed by atoms with Crippen LogP contribution < -0.4 is 0 Å². The number of carboxylic acids is 1. The number of likely N-dealkylation sites (tertiary alicyclic amines) is 1. The number of carbonyl (C=O) groups is 2. The van der Waals surface area contributed by atoms with Gasteiger partial charge in [-0.05, 0) is 19.1 Å². The molecule has 0 spiro atoms. The summed E-state index contributed by atoms with van der Waals surface area (Å²) in [6, 6.07) is 0. The number of hydrogen-bond donors (Lipinski definition) is 1. The number of aliphatic carboxylic acids is 1. The molecule has 0 radical (unpaired) electrons. The maximum atomic E-state index is 11.8. The average Bonchev–Trinajstić information content (AvgIpc) is 2.36. The Hall–Kier alpha value is -0.750. The molecule has 0 aromatic carbocycles.